The molecule has 1 saturated carbocycles. The Morgan fingerprint density at radius 1 is 1.14 bits per heavy atom. The lowest BCUT2D eigenvalue weighted by molar-refractivity contribution is 0.0716. The van der Waals surface area contributed by atoms with Crippen molar-refractivity contribution >= 4 is 0 Å². The average molecular weight is 299 g/mol. The molecule has 3 heteroatoms. The van der Waals surface area contributed by atoms with Crippen LogP contribution in [0.3, 0.4) is 0 Å². The second-order valence-electron chi connectivity index (χ2n) is 8.46. The Labute approximate surface area is 128 Å². The van der Waals surface area contributed by atoms with Gasteiger partial charge in [-0.2, -0.15) is 0 Å². The van der Waals surface area contributed by atoms with Crippen LogP contribution in [0, 0.1) is 16.7 Å². The van der Waals surface area contributed by atoms with E-state index in [1.165, 1.54) is 6.42 Å². The van der Waals surface area contributed by atoms with Crippen LogP contribution in [0.15, 0.2) is 11.1 Å². The summed E-state index contributed by atoms with van der Waals surface area (Å²) < 4.78 is 26.0. The number of alkyl halides is 2. The van der Waals surface area contributed by atoms with Crippen LogP contribution in [0.1, 0.15) is 59.3 Å². The van der Waals surface area contributed by atoms with Gasteiger partial charge in [0.1, 0.15) is 0 Å². The third-order valence-electron chi connectivity index (χ3n) is 5.33. The van der Waals surface area contributed by atoms with Gasteiger partial charge in [0.2, 0.25) is 6.43 Å². The maximum atomic E-state index is 13.0. The van der Waals surface area contributed by atoms with E-state index >= 15 is 0 Å². The normalized spacial score (nSPS) is 25.6. The van der Waals surface area contributed by atoms with Crippen molar-refractivity contribution in [2.24, 2.45) is 16.7 Å². The molecule has 1 nitrogen and oxygen atoms in total. The largest absolute Gasteiger partial charge is 0.305 e. The molecule has 0 aromatic rings. The maximum Gasteiger partial charge on any atom is 0.241 e. The molecular weight excluding hydrogens is 268 g/mol. The number of halogens is 2. The SMILES string of the molecule is CC(CC1(C2=C(CN(C)C)CCC(C)(C)C2)CC1)C(F)F. The molecule has 0 amide bonds. The molecule has 0 aliphatic heterocycles. The molecule has 1 atom stereocenters. The molecule has 1 unspecified atom stereocenters. The second-order valence-corrected chi connectivity index (χ2v) is 8.46. The highest BCUT2D eigenvalue weighted by molar-refractivity contribution is 5.32. The average Bonchev–Trinajstić information content (AvgIpc) is 3.11. The molecule has 0 radical (unpaired) electrons. The first-order chi connectivity index (χ1) is 9.65. The molecule has 2 rings (SSSR count). The summed E-state index contributed by atoms with van der Waals surface area (Å²) in [5, 5.41) is 0. The van der Waals surface area contributed by atoms with Gasteiger partial charge in [0.25, 0.3) is 0 Å². The number of nitrogens with zero attached hydrogens (tertiary/aromatic N) is 1. The Bertz CT molecular complexity index is 405. The zero-order chi connectivity index (χ0) is 15.8. The Morgan fingerprint density at radius 3 is 2.24 bits per heavy atom. The van der Waals surface area contributed by atoms with Crippen LogP contribution in [-0.2, 0) is 0 Å². The van der Waals surface area contributed by atoms with Gasteiger partial charge in [-0.15, -0.1) is 0 Å². The highest BCUT2D eigenvalue weighted by atomic mass is 19.3. The van der Waals surface area contributed by atoms with Crippen LogP contribution >= 0.6 is 0 Å². The van der Waals surface area contributed by atoms with E-state index in [-0.39, 0.29) is 5.41 Å². The van der Waals surface area contributed by atoms with Crippen molar-refractivity contribution < 1.29 is 8.78 Å². The van der Waals surface area contributed by atoms with E-state index in [4.69, 9.17) is 0 Å². The third-order valence-corrected chi connectivity index (χ3v) is 5.33. The molecular formula is C18H31F2N. The van der Waals surface area contributed by atoms with Crippen molar-refractivity contribution in [1.82, 2.24) is 4.90 Å². The van der Waals surface area contributed by atoms with Gasteiger partial charge in [0, 0.05) is 12.5 Å². The lowest BCUT2D eigenvalue weighted by Crippen LogP contribution is -2.28. The molecule has 122 valence electrons. The minimum absolute atomic E-state index is 0.110. The predicted molar refractivity (Wildman–Crippen MR) is 84.7 cm³/mol. The smallest absolute Gasteiger partial charge is 0.241 e. The van der Waals surface area contributed by atoms with E-state index in [9.17, 15) is 8.78 Å². The third kappa shape index (κ3) is 4.06. The predicted octanol–water partition coefficient (Wildman–Crippen LogP) is 5.13. The summed E-state index contributed by atoms with van der Waals surface area (Å²) in [6, 6.07) is 0. The van der Waals surface area contributed by atoms with Gasteiger partial charge in [0.15, 0.2) is 0 Å². The molecule has 1 fully saturated rings. The van der Waals surface area contributed by atoms with Crippen LogP contribution < -0.4 is 0 Å². The fourth-order valence-corrected chi connectivity index (χ4v) is 3.94. The zero-order valence-electron chi connectivity index (χ0n) is 14.3. The minimum Gasteiger partial charge on any atom is -0.305 e. The Hall–Kier alpha value is -0.440. The fraction of sp³-hybridized carbons (Fsp3) is 0.889. The van der Waals surface area contributed by atoms with Gasteiger partial charge in [0.05, 0.1) is 0 Å². The van der Waals surface area contributed by atoms with Gasteiger partial charge < -0.3 is 4.90 Å². The maximum absolute atomic E-state index is 13.0. The quantitative estimate of drug-likeness (QED) is 0.615. The highest BCUT2D eigenvalue weighted by Crippen LogP contribution is 2.61. The lowest BCUT2D eigenvalue weighted by Gasteiger charge is -2.38. The molecule has 21 heavy (non-hydrogen) atoms. The second kappa shape index (κ2) is 5.98. The first-order valence-corrected chi connectivity index (χ1v) is 8.29. The van der Waals surface area contributed by atoms with E-state index in [0.29, 0.717) is 11.8 Å². The standard InChI is InChI=1S/C18H31F2N/c1-13(16(19)20)10-18(8-9-18)15-11-17(2,3)7-6-14(15)12-21(4)5/h13,16H,6-12H2,1-5H3. The molecule has 0 saturated heterocycles. The molecule has 0 heterocycles. The van der Waals surface area contributed by atoms with E-state index < -0.39 is 12.3 Å². The summed E-state index contributed by atoms with van der Waals surface area (Å²) >= 11 is 0. The number of allylic oxidation sites excluding steroid dienone is 1. The molecule has 0 bridgehead atoms. The first-order valence-electron chi connectivity index (χ1n) is 8.29. The van der Waals surface area contributed by atoms with Crippen molar-refractivity contribution in [2.45, 2.75) is 65.7 Å². The van der Waals surface area contributed by atoms with Crippen LogP contribution in [0.25, 0.3) is 0 Å². The topological polar surface area (TPSA) is 3.24 Å². The molecule has 2 aliphatic carbocycles. The van der Waals surface area contributed by atoms with Gasteiger partial charge in [-0.25, -0.2) is 8.78 Å². The Kier molecular flexibility index (Phi) is 4.82. The van der Waals surface area contributed by atoms with E-state index in [0.717, 1.165) is 32.2 Å². The number of likely N-dealkylation sites (N-methyl/N-ethyl adjacent to an activating group) is 1. The summed E-state index contributed by atoms with van der Waals surface area (Å²) in [4.78, 5) is 2.22. The van der Waals surface area contributed by atoms with Crippen molar-refractivity contribution in [1.29, 1.82) is 0 Å². The summed E-state index contributed by atoms with van der Waals surface area (Å²) in [6.07, 6.45) is 4.20. The summed E-state index contributed by atoms with van der Waals surface area (Å²) in [5.41, 5.74) is 3.52. The fourth-order valence-electron chi connectivity index (χ4n) is 3.94. The molecule has 0 aromatic heterocycles. The van der Waals surface area contributed by atoms with E-state index in [1.807, 2.05) is 0 Å². The van der Waals surface area contributed by atoms with E-state index in [2.05, 4.69) is 32.8 Å². The van der Waals surface area contributed by atoms with Crippen molar-refractivity contribution in [2.75, 3.05) is 20.6 Å². The van der Waals surface area contributed by atoms with Gasteiger partial charge in [-0.1, -0.05) is 31.9 Å². The molecule has 0 aromatic carbocycles. The monoisotopic (exact) mass is 299 g/mol. The number of hydrogen-bond donors (Lipinski definition) is 0. The first kappa shape index (κ1) is 16.9. The van der Waals surface area contributed by atoms with Crippen LogP contribution in [0.2, 0.25) is 0 Å². The Balaban J connectivity index is 2.24. The van der Waals surface area contributed by atoms with Gasteiger partial charge >= 0.3 is 0 Å². The van der Waals surface area contributed by atoms with Gasteiger partial charge in [-0.05, 0) is 63.5 Å². The zero-order valence-corrected chi connectivity index (χ0v) is 14.3. The number of rotatable bonds is 6. The molecule has 0 spiro atoms. The molecule has 0 N–H and O–H groups in total. The summed E-state index contributed by atoms with van der Waals surface area (Å²) in [5.74, 6) is -0.481. The van der Waals surface area contributed by atoms with Crippen molar-refractivity contribution in [3.63, 3.8) is 0 Å². The summed E-state index contributed by atoms with van der Waals surface area (Å²) in [6.45, 7) is 7.36. The van der Waals surface area contributed by atoms with Crippen molar-refractivity contribution in [3.8, 4) is 0 Å². The Morgan fingerprint density at radius 2 is 1.76 bits per heavy atom. The highest BCUT2D eigenvalue weighted by Gasteiger charge is 2.50. The van der Waals surface area contributed by atoms with Crippen LogP contribution in [-0.4, -0.2) is 32.0 Å². The van der Waals surface area contributed by atoms with Crippen LogP contribution in [0.5, 0.6) is 0 Å². The van der Waals surface area contributed by atoms with Crippen molar-refractivity contribution in [3.05, 3.63) is 11.1 Å². The summed E-state index contributed by atoms with van der Waals surface area (Å²) in [7, 11) is 4.21. The van der Waals surface area contributed by atoms with E-state index in [1.54, 1.807) is 18.1 Å². The van der Waals surface area contributed by atoms with Gasteiger partial charge in [-0.3, -0.25) is 0 Å². The lowest BCUT2D eigenvalue weighted by atomic mass is 9.68. The molecule has 2 aliphatic rings. The number of hydrogen-bond acceptors (Lipinski definition) is 1. The van der Waals surface area contributed by atoms with Crippen LogP contribution in [0.4, 0.5) is 8.78 Å². The minimum atomic E-state index is -2.18.